The molecule has 11 heteroatoms. The number of aryl methyl sites for hydroxylation is 1. The number of hydrogen-bond donors (Lipinski definition) is 5. The number of para-hydroxylation sites is 1. The first-order valence-corrected chi connectivity index (χ1v) is 12.8. The standard InChI is InChI=1S/C20H24N4O4.C10H9NO2/c21-19(22)23-13-7-12-17(18(25)26)24(16-10-5-2-6-11-16)20(27)28-14-15-8-3-1-4-9-15;1-6-4-10(12)13-9-5-7(11)2-3-8(6)9/h1-6,8-11,17H,7,12-14H2,(H,25,26)(H4,21,22,23);2-5H,11H2,1H3. The summed E-state index contributed by atoms with van der Waals surface area (Å²) in [4.78, 5) is 36.8. The van der Waals surface area contributed by atoms with E-state index in [9.17, 15) is 19.5 Å². The van der Waals surface area contributed by atoms with Crippen LogP contribution in [0.4, 0.5) is 16.2 Å². The topological polar surface area (TPSA) is 185 Å². The Morgan fingerprint density at radius 3 is 2.34 bits per heavy atom. The molecular formula is C30H33N5O6. The zero-order chi connectivity index (χ0) is 29.8. The summed E-state index contributed by atoms with van der Waals surface area (Å²) in [6.07, 6.45) is -0.154. The zero-order valence-corrected chi connectivity index (χ0v) is 22.6. The van der Waals surface area contributed by atoms with Crippen LogP contribution in [0.5, 0.6) is 0 Å². The summed E-state index contributed by atoms with van der Waals surface area (Å²) in [7, 11) is 0. The van der Waals surface area contributed by atoms with Crippen molar-refractivity contribution in [3.05, 3.63) is 106 Å². The molecule has 0 spiro atoms. The van der Waals surface area contributed by atoms with Crippen LogP contribution in [0.1, 0.15) is 24.0 Å². The van der Waals surface area contributed by atoms with Crippen molar-refractivity contribution >= 4 is 40.4 Å². The van der Waals surface area contributed by atoms with Crippen molar-refractivity contribution in [2.24, 2.45) is 5.73 Å². The fourth-order valence-corrected chi connectivity index (χ4v) is 4.01. The number of nitrogens with two attached hydrogens (primary N) is 2. The summed E-state index contributed by atoms with van der Waals surface area (Å²) in [5.41, 5.74) is 13.8. The second-order valence-corrected chi connectivity index (χ2v) is 9.09. The molecule has 0 saturated carbocycles. The van der Waals surface area contributed by atoms with Gasteiger partial charge in [0.2, 0.25) is 0 Å². The molecule has 4 aromatic rings. The Hall–Kier alpha value is -5.32. The number of carbonyl (C=O) groups excluding carboxylic acids is 1. The third kappa shape index (κ3) is 9.13. The van der Waals surface area contributed by atoms with Crippen LogP contribution < -0.4 is 27.3 Å². The van der Waals surface area contributed by atoms with E-state index in [0.717, 1.165) is 21.4 Å². The van der Waals surface area contributed by atoms with Gasteiger partial charge in [-0.15, -0.1) is 0 Å². The van der Waals surface area contributed by atoms with Crippen LogP contribution >= 0.6 is 0 Å². The average Bonchev–Trinajstić information content (AvgIpc) is 2.94. The smallest absolute Gasteiger partial charge is 0.415 e. The number of hydrogen-bond acceptors (Lipinski definition) is 7. The molecule has 1 amide bonds. The van der Waals surface area contributed by atoms with Crippen LogP contribution in [-0.4, -0.2) is 35.7 Å². The Kier molecular flexibility index (Phi) is 10.9. The van der Waals surface area contributed by atoms with Crippen LogP contribution in [0.2, 0.25) is 0 Å². The molecule has 41 heavy (non-hydrogen) atoms. The molecule has 1 heterocycles. The highest BCUT2D eigenvalue weighted by Gasteiger charge is 2.32. The van der Waals surface area contributed by atoms with E-state index in [0.29, 0.717) is 29.9 Å². The number of ether oxygens (including phenoxy) is 1. The van der Waals surface area contributed by atoms with Crippen molar-refractivity contribution in [2.75, 3.05) is 17.2 Å². The van der Waals surface area contributed by atoms with Crippen molar-refractivity contribution in [3.8, 4) is 0 Å². The molecule has 0 saturated heterocycles. The maximum Gasteiger partial charge on any atom is 0.415 e. The van der Waals surface area contributed by atoms with Crippen LogP contribution in [0.15, 0.2) is 94.1 Å². The lowest BCUT2D eigenvalue weighted by atomic mass is 10.1. The molecule has 3 aromatic carbocycles. The monoisotopic (exact) mass is 559 g/mol. The van der Waals surface area contributed by atoms with Gasteiger partial charge in [-0.3, -0.25) is 10.3 Å². The molecule has 0 radical (unpaired) electrons. The Balaban J connectivity index is 0.000000294. The van der Waals surface area contributed by atoms with Crippen molar-refractivity contribution < 1.29 is 23.8 Å². The Morgan fingerprint density at radius 2 is 1.71 bits per heavy atom. The first-order chi connectivity index (χ1) is 19.7. The number of benzene rings is 3. The molecule has 7 N–H and O–H groups in total. The first kappa shape index (κ1) is 30.2. The van der Waals surface area contributed by atoms with Gasteiger partial charge in [-0.2, -0.15) is 0 Å². The average molecular weight is 560 g/mol. The lowest BCUT2D eigenvalue weighted by Crippen LogP contribution is -2.46. The van der Waals surface area contributed by atoms with E-state index in [1.807, 2.05) is 43.3 Å². The van der Waals surface area contributed by atoms with Crippen molar-refractivity contribution in [1.82, 2.24) is 5.32 Å². The second-order valence-electron chi connectivity index (χ2n) is 9.09. The van der Waals surface area contributed by atoms with Crippen LogP contribution in [0.25, 0.3) is 11.0 Å². The summed E-state index contributed by atoms with van der Waals surface area (Å²) in [5, 5.41) is 20.4. The van der Waals surface area contributed by atoms with Gasteiger partial charge in [0.25, 0.3) is 0 Å². The quantitative estimate of drug-likeness (QED) is 0.0658. The highest BCUT2D eigenvalue weighted by atomic mass is 16.6. The number of aliphatic carboxylic acids is 1. The van der Waals surface area contributed by atoms with Gasteiger partial charge in [0.05, 0.1) is 0 Å². The summed E-state index contributed by atoms with van der Waals surface area (Å²) in [5.74, 6) is -1.32. The number of amides is 1. The molecule has 1 unspecified atom stereocenters. The summed E-state index contributed by atoms with van der Waals surface area (Å²) >= 11 is 0. The predicted octanol–water partition coefficient (Wildman–Crippen LogP) is 4.23. The number of guanidine groups is 1. The van der Waals surface area contributed by atoms with Gasteiger partial charge in [-0.05, 0) is 55.2 Å². The zero-order valence-electron chi connectivity index (χ0n) is 22.6. The van der Waals surface area contributed by atoms with Crippen LogP contribution in [0.3, 0.4) is 0 Å². The van der Waals surface area contributed by atoms with E-state index in [1.165, 1.54) is 6.07 Å². The summed E-state index contributed by atoms with van der Waals surface area (Å²) < 4.78 is 10.4. The lowest BCUT2D eigenvalue weighted by molar-refractivity contribution is -0.138. The van der Waals surface area contributed by atoms with Crippen molar-refractivity contribution in [3.63, 3.8) is 0 Å². The fourth-order valence-electron chi connectivity index (χ4n) is 4.01. The molecule has 1 aromatic heterocycles. The summed E-state index contributed by atoms with van der Waals surface area (Å²) in [6.45, 7) is 2.25. The Bertz CT molecular complexity index is 1530. The molecule has 1 atom stereocenters. The van der Waals surface area contributed by atoms with E-state index in [1.54, 1.807) is 42.5 Å². The SMILES string of the molecule is Cc1cc(=O)oc2cc(N)ccc12.N=C(N)NCCCC(C(=O)O)N(C(=O)OCc1ccccc1)c1ccccc1. The number of nitrogen functional groups attached to an aromatic ring is 1. The van der Waals surface area contributed by atoms with E-state index in [2.05, 4.69) is 5.32 Å². The van der Waals surface area contributed by atoms with E-state index >= 15 is 0 Å². The van der Waals surface area contributed by atoms with E-state index in [4.69, 9.17) is 26.0 Å². The number of nitrogens with zero attached hydrogens (tertiary/aromatic N) is 1. The Labute approximate surface area is 236 Å². The van der Waals surface area contributed by atoms with Gasteiger partial charge >= 0.3 is 17.7 Å². The molecule has 4 rings (SSSR count). The maximum atomic E-state index is 12.8. The van der Waals surface area contributed by atoms with E-state index < -0.39 is 18.1 Å². The normalized spacial score (nSPS) is 11.0. The van der Waals surface area contributed by atoms with E-state index in [-0.39, 0.29) is 24.6 Å². The minimum absolute atomic E-state index is 0.0429. The van der Waals surface area contributed by atoms with Crippen LogP contribution in [-0.2, 0) is 16.1 Å². The number of carboxylic acids is 1. The van der Waals surface area contributed by atoms with Crippen molar-refractivity contribution in [1.29, 1.82) is 5.41 Å². The maximum absolute atomic E-state index is 12.8. The number of carboxylic acid groups (broad SMARTS) is 1. The number of anilines is 2. The molecular weight excluding hydrogens is 526 g/mol. The molecule has 0 aliphatic carbocycles. The highest BCUT2D eigenvalue weighted by Crippen LogP contribution is 2.22. The first-order valence-electron chi connectivity index (χ1n) is 12.8. The Morgan fingerprint density at radius 1 is 1.05 bits per heavy atom. The minimum Gasteiger partial charge on any atom is -0.480 e. The predicted molar refractivity (Wildman–Crippen MR) is 158 cm³/mol. The third-order valence-corrected chi connectivity index (χ3v) is 5.98. The number of nitrogens with one attached hydrogen (secondary N) is 2. The van der Waals surface area contributed by atoms with Gasteiger partial charge in [0.15, 0.2) is 5.96 Å². The molecule has 214 valence electrons. The van der Waals surface area contributed by atoms with Gasteiger partial charge in [0, 0.05) is 35.4 Å². The largest absolute Gasteiger partial charge is 0.480 e. The lowest BCUT2D eigenvalue weighted by Gasteiger charge is -2.28. The van der Waals surface area contributed by atoms with Crippen LogP contribution in [0, 0.1) is 12.3 Å². The minimum atomic E-state index is -1.14. The molecule has 0 fully saturated rings. The molecule has 0 aliphatic heterocycles. The van der Waals surface area contributed by atoms with Gasteiger partial charge in [-0.1, -0.05) is 48.5 Å². The molecule has 0 bridgehead atoms. The van der Waals surface area contributed by atoms with Gasteiger partial charge in [-0.25, -0.2) is 14.4 Å². The molecule has 11 nitrogen and oxygen atoms in total. The fraction of sp³-hybridized carbons (Fsp3) is 0.200. The van der Waals surface area contributed by atoms with Gasteiger partial charge in [0.1, 0.15) is 18.2 Å². The van der Waals surface area contributed by atoms with Gasteiger partial charge < -0.3 is 31.0 Å². The number of carbonyl (C=O) groups is 2. The molecule has 0 aliphatic rings. The number of fused-ring (bicyclic) bond motifs is 1. The highest BCUT2D eigenvalue weighted by molar-refractivity contribution is 5.95. The third-order valence-electron chi connectivity index (χ3n) is 5.98. The number of rotatable bonds is 9. The summed E-state index contributed by atoms with van der Waals surface area (Å²) in [6, 6.07) is 23.4. The second kappa shape index (κ2) is 14.7. The van der Waals surface area contributed by atoms with Crippen molar-refractivity contribution in [2.45, 2.75) is 32.4 Å².